The molecular weight excluding hydrogens is 258 g/mol. The van der Waals surface area contributed by atoms with Gasteiger partial charge in [0.05, 0.1) is 6.04 Å². The van der Waals surface area contributed by atoms with Crippen molar-refractivity contribution in [3.8, 4) is 0 Å². The summed E-state index contributed by atoms with van der Waals surface area (Å²) in [6.07, 6.45) is 13.4. The number of piperidine rings is 1. The second-order valence-electron chi connectivity index (χ2n) is 6.70. The Morgan fingerprint density at radius 1 is 1.00 bits per heavy atom. The van der Waals surface area contributed by atoms with Gasteiger partial charge >= 0.3 is 0 Å². The molecule has 0 atom stereocenters. The molecule has 1 aliphatic heterocycles. The molecule has 1 saturated heterocycles. The second kappa shape index (κ2) is 9.32. The monoisotopic (exact) mass is 293 g/mol. The number of aliphatic imine (C=N–C) groups is 1. The lowest BCUT2D eigenvalue weighted by Gasteiger charge is -2.37. The molecule has 0 aromatic rings. The summed E-state index contributed by atoms with van der Waals surface area (Å²) in [7, 11) is 0. The van der Waals surface area contributed by atoms with Crippen LogP contribution in [0.4, 0.5) is 0 Å². The molecule has 0 amide bonds. The van der Waals surface area contributed by atoms with Crippen LogP contribution < -0.4 is 0 Å². The number of unbranched alkanes of at least 4 members (excludes halogenated alkanes) is 1. The van der Waals surface area contributed by atoms with Crippen molar-refractivity contribution in [2.75, 3.05) is 26.2 Å². The van der Waals surface area contributed by atoms with Crippen LogP contribution >= 0.6 is 0 Å². The smallest absolute Gasteiger partial charge is 0.196 e. The first-order valence-corrected chi connectivity index (χ1v) is 9.42. The molecule has 1 saturated carbocycles. The summed E-state index contributed by atoms with van der Waals surface area (Å²) in [5, 5.41) is 0. The largest absolute Gasteiger partial charge is 0.343 e. The van der Waals surface area contributed by atoms with Gasteiger partial charge in [-0.05, 0) is 45.4 Å². The minimum absolute atomic E-state index is 0.589. The molecule has 2 aliphatic rings. The Morgan fingerprint density at radius 2 is 1.67 bits per heavy atom. The van der Waals surface area contributed by atoms with Gasteiger partial charge in [0, 0.05) is 26.2 Å². The van der Waals surface area contributed by atoms with Crippen LogP contribution in [-0.4, -0.2) is 48.0 Å². The molecule has 1 heterocycles. The minimum Gasteiger partial charge on any atom is -0.343 e. The van der Waals surface area contributed by atoms with Crippen LogP contribution in [0.1, 0.15) is 78.1 Å². The van der Waals surface area contributed by atoms with Gasteiger partial charge in [0.2, 0.25) is 0 Å². The predicted molar refractivity (Wildman–Crippen MR) is 91.9 cm³/mol. The maximum absolute atomic E-state index is 5.25. The molecule has 2 rings (SSSR count). The number of rotatable bonds is 5. The fourth-order valence-electron chi connectivity index (χ4n) is 3.58. The highest BCUT2D eigenvalue weighted by Gasteiger charge is 2.22. The molecule has 122 valence electrons. The second-order valence-corrected chi connectivity index (χ2v) is 6.70. The van der Waals surface area contributed by atoms with Crippen LogP contribution in [0, 0.1) is 0 Å². The molecule has 3 nitrogen and oxygen atoms in total. The van der Waals surface area contributed by atoms with Gasteiger partial charge in [-0.1, -0.05) is 32.6 Å². The lowest BCUT2D eigenvalue weighted by Crippen LogP contribution is -2.47. The standard InChI is InChI=1S/C18H35N3/c1-3-5-14-20(4-2)18(21-15-10-7-11-16-21)19-17-12-8-6-9-13-17/h17H,3-16H2,1-2H3/b19-18+. The SMILES string of the molecule is CCCCN(CC)/C(=N\C1CCCCC1)N1CCCCC1. The quantitative estimate of drug-likeness (QED) is 0.556. The van der Waals surface area contributed by atoms with Crippen LogP contribution in [0.3, 0.4) is 0 Å². The number of hydrogen-bond donors (Lipinski definition) is 0. The molecule has 0 radical (unpaired) electrons. The van der Waals surface area contributed by atoms with Crippen molar-refractivity contribution < 1.29 is 0 Å². The van der Waals surface area contributed by atoms with E-state index in [-0.39, 0.29) is 0 Å². The molecule has 0 bridgehead atoms. The zero-order valence-corrected chi connectivity index (χ0v) is 14.3. The third-order valence-electron chi connectivity index (χ3n) is 4.96. The van der Waals surface area contributed by atoms with Crippen LogP contribution in [0.2, 0.25) is 0 Å². The van der Waals surface area contributed by atoms with Crippen molar-refractivity contribution >= 4 is 5.96 Å². The van der Waals surface area contributed by atoms with Crippen molar-refractivity contribution in [2.45, 2.75) is 84.1 Å². The van der Waals surface area contributed by atoms with E-state index in [2.05, 4.69) is 23.6 Å². The lowest BCUT2D eigenvalue weighted by molar-refractivity contribution is 0.277. The van der Waals surface area contributed by atoms with Gasteiger partial charge in [0.15, 0.2) is 5.96 Å². The van der Waals surface area contributed by atoms with Gasteiger partial charge < -0.3 is 9.80 Å². The van der Waals surface area contributed by atoms with E-state index in [4.69, 9.17) is 4.99 Å². The van der Waals surface area contributed by atoms with E-state index in [0.29, 0.717) is 6.04 Å². The molecule has 0 aromatic heterocycles. The number of likely N-dealkylation sites (tertiary alicyclic amines) is 1. The Hall–Kier alpha value is -0.730. The Bertz CT molecular complexity index is 302. The van der Waals surface area contributed by atoms with Crippen molar-refractivity contribution in [3.63, 3.8) is 0 Å². The molecular formula is C18H35N3. The van der Waals surface area contributed by atoms with Crippen molar-refractivity contribution in [1.82, 2.24) is 9.80 Å². The van der Waals surface area contributed by atoms with Crippen LogP contribution in [0.25, 0.3) is 0 Å². The Morgan fingerprint density at radius 3 is 2.29 bits per heavy atom. The number of guanidine groups is 1. The van der Waals surface area contributed by atoms with Crippen molar-refractivity contribution in [3.05, 3.63) is 0 Å². The maximum Gasteiger partial charge on any atom is 0.196 e. The van der Waals surface area contributed by atoms with Gasteiger partial charge in [0.25, 0.3) is 0 Å². The average molecular weight is 293 g/mol. The summed E-state index contributed by atoms with van der Waals surface area (Å²) in [5.74, 6) is 1.33. The maximum atomic E-state index is 5.25. The topological polar surface area (TPSA) is 18.8 Å². The third-order valence-corrected chi connectivity index (χ3v) is 4.96. The highest BCUT2D eigenvalue weighted by Crippen LogP contribution is 2.22. The van der Waals surface area contributed by atoms with Gasteiger partial charge in [0.1, 0.15) is 0 Å². The van der Waals surface area contributed by atoms with Crippen LogP contribution in [-0.2, 0) is 0 Å². The predicted octanol–water partition coefficient (Wildman–Crippen LogP) is 4.28. The number of nitrogens with zero attached hydrogens (tertiary/aromatic N) is 3. The van der Waals surface area contributed by atoms with E-state index in [1.54, 1.807) is 0 Å². The first-order valence-electron chi connectivity index (χ1n) is 9.42. The molecule has 0 unspecified atom stereocenters. The molecule has 2 fully saturated rings. The van der Waals surface area contributed by atoms with E-state index in [1.165, 1.54) is 89.8 Å². The zero-order valence-electron chi connectivity index (χ0n) is 14.3. The molecule has 3 heteroatoms. The first-order chi connectivity index (χ1) is 10.3. The van der Waals surface area contributed by atoms with Gasteiger partial charge in [-0.3, -0.25) is 0 Å². The molecule has 0 spiro atoms. The highest BCUT2D eigenvalue weighted by molar-refractivity contribution is 5.80. The Balaban J connectivity index is 2.08. The normalized spacial score (nSPS) is 21.6. The summed E-state index contributed by atoms with van der Waals surface area (Å²) in [4.78, 5) is 10.4. The average Bonchev–Trinajstić information content (AvgIpc) is 2.56. The van der Waals surface area contributed by atoms with E-state index in [1.807, 2.05) is 0 Å². The zero-order chi connectivity index (χ0) is 14.9. The van der Waals surface area contributed by atoms with E-state index < -0.39 is 0 Å². The fourth-order valence-corrected chi connectivity index (χ4v) is 3.58. The van der Waals surface area contributed by atoms with Gasteiger partial charge in [-0.15, -0.1) is 0 Å². The Labute approximate surface area is 131 Å². The highest BCUT2D eigenvalue weighted by atomic mass is 15.4. The third kappa shape index (κ3) is 5.19. The summed E-state index contributed by atoms with van der Waals surface area (Å²) in [6, 6.07) is 0.589. The van der Waals surface area contributed by atoms with E-state index in [9.17, 15) is 0 Å². The lowest BCUT2D eigenvalue weighted by atomic mass is 9.96. The van der Waals surface area contributed by atoms with E-state index >= 15 is 0 Å². The van der Waals surface area contributed by atoms with E-state index in [0.717, 1.165) is 6.54 Å². The molecule has 0 N–H and O–H groups in total. The number of hydrogen-bond acceptors (Lipinski definition) is 1. The molecule has 0 aromatic carbocycles. The van der Waals surface area contributed by atoms with Crippen molar-refractivity contribution in [2.24, 2.45) is 4.99 Å². The Kier molecular flexibility index (Phi) is 7.38. The van der Waals surface area contributed by atoms with Gasteiger partial charge in [-0.25, -0.2) is 4.99 Å². The van der Waals surface area contributed by atoms with Crippen LogP contribution in [0.5, 0.6) is 0 Å². The summed E-state index contributed by atoms with van der Waals surface area (Å²) in [5.41, 5.74) is 0. The fraction of sp³-hybridized carbons (Fsp3) is 0.944. The van der Waals surface area contributed by atoms with Gasteiger partial charge in [-0.2, -0.15) is 0 Å². The summed E-state index contributed by atoms with van der Waals surface area (Å²) >= 11 is 0. The summed E-state index contributed by atoms with van der Waals surface area (Å²) in [6.45, 7) is 9.28. The molecule has 21 heavy (non-hydrogen) atoms. The minimum atomic E-state index is 0.589. The summed E-state index contributed by atoms with van der Waals surface area (Å²) < 4.78 is 0. The van der Waals surface area contributed by atoms with Crippen molar-refractivity contribution in [1.29, 1.82) is 0 Å². The van der Waals surface area contributed by atoms with Crippen LogP contribution in [0.15, 0.2) is 4.99 Å². The molecule has 1 aliphatic carbocycles. The first kappa shape index (κ1) is 16.6.